The van der Waals surface area contributed by atoms with Gasteiger partial charge in [-0.05, 0) is 31.2 Å². The number of nitrogens with zero attached hydrogens (tertiary/aromatic N) is 2. The summed E-state index contributed by atoms with van der Waals surface area (Å²) in [6, 6.07) is 13.4. The zero-order chi connectivity index (χ0) is 21.6. The predicted molar refractivity (Wildman–Crippen MR) is 124 cm³/mol. The maximum absolute atomic E-state index is 12.7. The number of amides is 1. The van der Waals surface area contributed by atoms with Crippen LogP contribution >= 0.6 is 22.9 Å². The van der Waals surface area contributed by atoms with Gasteiger partial charge in [-0.3, -0.25) is 4.79 Å². The van der Waals surface area contributed by atoms with E-state index in [1.807, 2.05) is 54.8 Å². The summed E-state index contributed by atoms with van der Waals surface area (Å²) in [5, 5.41) is 6.34. The van der Waals surface area contributed by atoms with Gasteiger partial charge in [-0.15, -0.1) is 11.3 Å². The summed E-state index contributed by atoms with van der Waals surface area (Å²) in [7, 11) is 0. The molecule has 1 saturated heterocycles. The van der Waals surface area contributed by atoms with Crippen LogP contribution in [0.5, 0.6) is 5.75 Å². The Labute approximate surface area is 190 Å². The number of rotatable bonds is 7. The standard InChI is InChI=1S/C23H24ClN3O3S/c1-16-5-7-18(8-6-16)30-14-22-25-17(15-31-22)13-21(28)26-20-4-2-3-19(24)23(20)27-9-11-29-12-10-27/h2-8,15H,9-14H2,1H3,(H,26,28). The number of carbonyl (C=O) groups excluding carboxylic acids is 1. The van der Waals surface area contributed by atoms with Gasteiger partial charge in [0.1, 0.15) is 17.4 Å². The summed E-state index contributed by atoms with van der Waals surface area (Å²) < 4.78 is 11.2. The van der Waals surface area contributed by atoms with Gasteiger partial charge in [0.05, 0.1) is 41.7 Å². The molecule has 0 radical (unpaired) electrons. The van der Waals surface area contributed by atoms with Crippen LogP contribution < -0.4 is 15.0 Å². The number of morpholine rings is 1. The molecule has 1 aliphatic rings. The summed E-state index contributed by atoms with van der Waals surface area (Å²) in [4.78, 5) is 19.4. The van der Waals surface area contributed by atoms with Crippen molar-refractivity contribution in [1.29, 1.82) is 0 Å². The second kappa shape index (κ2) is 10.1. The van der Waals surface area contributed by atoms with E-state index in [-0.39, 0.29) is 12.3 Å². The van der Waals surface area contributed by atoms with Gasteiger partial charge in [0.15, 0.2) is 0 Å². The molecule has 0 atom stereocenters. The van der Waals surface area contributed by atoms with Crippen LogP contribution in [0.3, 0.4) is 0 Å². The number of halogens is 1. The van der Waals surface area contributed by atoms with E-state index in [0.29, 0.717) is 30.5 Å². The zero-order valence-electron chi connectivity index (χ0n) is 17.3. The van der Waals surface area contributed by atoms with Crippen LogP contribution in [0.1, 0.15) is 16.3 Å². The van der Waals surface area contributed by atoms with E-state index in [0.717, 1.165) is 35.2 Å². The van der Waals surface area contributed by atoms with Crippen LogP contribution in [0, 0.1) is 6.92 Å². The van der Waals surface area contributed by atoms with Crippen LogP contribution in [0.25, 0.3) is 0 Å². The molecule has 0 aliphatic carbocycles. The van der Waals surface area contributed by atoms with Gasteiger partial charge in [0.2, 0.25) is 5.91 Å². The fourth-order valence-corrected chi connectivity index (χ4v) is 4.36. The molecule has 1 amide bonds. The van der Waals surface area contributed by atoms with Gasteiger partial charge in [-0.25, -0.2) is 4.98 Å². The summed E-state index contributed by atoms with van der Waals surface area (Å²) in [5.41, 5.74) is 3.45. The third-order valence-electron chi connectivity index (χ3n) is 4.91. The number of para-hydroxylation sites is 1. The normalized spacial score (nSPS) is 13.8. The Balaban J connectivity index is 1.36. The van der Waals surface area contributed by atoms with Crippen LogP contribution in [-0.2, 0) is 22.6 Å². The average molecular weight is 458 g/mol. The first-order chi connectivity index (χ1) is 15.1. The highest BCUT2D eigenvalue weighted by Crippen LogP contribution is 2.34. The van der Waals surface area contributed by atoms with Crippen molar-refractivity contribution >= 4 is 40.2 Å². The summed E-state index contributed by atoms with van der Waals surface area (Å²) >= 11 is 7.93. The van der Waals surface area contributed by atoms with E-state index >= 15 is 0 Å². The minimum Gasteiger partial charge on any atom is -0.486 e. The van der Waals surface area contributed by atoms with Crippen molar-refractivity contribution in [2.75, 3.05) is 36.5 Å². The molecule has 6 nitrogen and oxygen atoms in total. The van der Waals surface area contributed by atoms with Crippen LogP contribution in [0.4, 0.5) is 11.4 Å². The molecule has 2 aromatic carbocycles. The second-order valence-electron chi connectivity index (χ2n) is 7.29. The highest BCUT2D eigenvalue weighted by Gasteiger charge is 2.19. The third kappa shape index (κ3) is 5.76. The number of carbonyl (C=O) groups is 1. The zero-order valence-corrected chi connectivity index (χ0v) is 18.8. The Morgan fingerprint density at radius 3 is 2.77 bits per heavy atom. The van der Waals surface area contributed by atoms with Crippen molar-refractivity contribution < 1.29 is 14.3 Å². The van der Waals surface area contributed by atoms with Crippen LogP contribution in [-0.4, -0.2) is 37.2 Å². The first-order valence-electron chi connectivity index (χ1n) is 10.1. The van der Waals surface area contributed by atoms with Crippen molar-refractivity contribution in [2.45, 2.75) is 20.0 Å². The summed E-state index contributed by atoms with van der Waals surface area (Å²) in [6.45, 7) is 5.18. The van der Waals surface area contributed by atoms with Gasteiger partial charge in [0.25, 0.3) is 0 Å². The van der Waals surface area contributed by atoms with Crippen molar-refractivity contribution in [2.24, 2.45) is 0 Å². The minimum atomic E-state index is -0.131. The molecule has 1 aliphatic heterocycles. The number of hydrogen-bond donors (Lipinski definition) is 1. The molecule has 0 bridgehead atoms. The van der Waals surface area contributed by atoms with E-state index in [1.165, 1.54) is 16.9 Å². The lowest BCUT2D eigenvalue weighted by Crippen LogP contribution is -2.37. The number of hydrogen-bond acceptors (Lipinski definition) is 6. The number of aryl methyl sites for hydroxylation is 1. The molecule has 1 fully saturated rings. The average Bonchev–Trinajstić information content (AvgIpc) is 3.21. The Hall–Kier alpha value is -2.61. The molecular weight excluding hydrogens is 434 g/mol. The van der Waals surface area contributed by atoms with E-state index in [4.69, 9.17) is 21.1 Å². The minimum absolute atomic E-state index is 0.131. The molecule has 0 unspecified atom stereocenters. The van der Waals surface area contributed by atoms with E-state index in [2.05, 4.69) is 15.2 Å². The number of anilines is 2. The molecule has 3 aromatic rings. The first kappa shape index (κ1) is 21.6. The first-order valence-corrected chi connectivity index (χ1v) is 11.4. The van der Waals surface area contributed by atoms with E-state index in [9.17, 15) is 4.79 Å². The monoisotopic (exact) mass is 457 g/mol. The molecule has 0 spiro atoms. The molecule has 8 heteroatoms. The smallest absolute Gasteiger partial charge is 0.230 e. The lowest BCUT2D eigenvalue weighted by Gasteiger charge is -2.31. The van der Waals surface area contributed by atoms with Gasteiger partial charge in [-0.2, -0.15) is 0 Å². The fraction of sp³-hybridized carbons (Fsp3) is 0.304. The summed E-state index contributed by atoms with van der Waals surface area (Å²) in [6.07, 6.45) is 0.191. The lowest BCUT2D eigenvalue weighted by molar-refractivity contribution is -0.115. The SMILES string of the molecule is Cc1ccc(OCc2nc(CC(=O)Nc3cccc(Cl)c3N3CCOCC3)cs2)cc1. The maximum Gasteiger partial charge on any atom is 0.230 e. The fourth-order valence-electron chi connectivity index (χ4n) is 3.36. The second-order valence-corrected chi connectivity index (χ2v) is 8.64. The van der Waals surface area contributed by atoms with Crippen LogP contribution in [0.2, 0.25) is 5.02 Å². The molecule has 1 N–H and O–H groups in total. The van der Waals surface area contributed by atoms with Gasteiger partial charge < -0.3 is 19.7 Å². The molecule has 31 heavy (non-hydrogen) atoms. The Morgan fingerprint density at radius 2 is 2.00 bits per heavy atom. The quantitative estimate of drug-likeness (QED) is 0.557. The van der Waals surface area contributed by atoms with Crippen LogP contribution in [0.15, 0.2) is 47.8 Å². The number of thiazole rings is 1. The number of nitrogens with one attached hydrogen (secondary N) is 1. The van der Waals surface area contributed by atoms with Gasteiger partial charge in [0, 0.05) is 18.5 Å². The van der Waals surface area contributed by atoms with Crippen molar-refractivity contribution in [3.8, 4) is 5.75 Å². The summed E-state index contributed by atoms with van der Waals surface area (Å²) in [5.74, 6) is 0.671. The molecule has 0 saturated carbocycles. The predicted octanol–water partition coefficient (Wildman–Crippen LogP) is 4.70. The van der Waals surface area contributed by atoms with E-state index < -0.39 is 0 Å². The number of benzene rings is 2. The highest BCUT2D eigenvalue weighted by atomic mass is 35.5. The van der Waals surface area contributed by atoms with Crippen molar-refractivity contribution in [3.63, 3.8) is 0 Å². The van der Waals surface area contributed by atoms with Gasteiger partial charge >= 0.3 is 0 Å². The maximum atomic E-state index is 12.7. The number of ether oxygens (including phenoxy) is 2. The Morgan fingerprint density at radius 1 is 1.23 bits per heavy atom. The molecule has 4 rings (SSSR count). The lowest BCUT2D eigenvalue weighted by atomic mass is 10.2. The van der Waals surface area contributed by atoms with E-state index in [1.54, 1.807) is 0 Å². The number of aromatic nitrogens is 1. The third-order valence-corrected chi connectivity index (χ3v) is 6.09. The molecule has 2 heterocycles. The molecular formula is C23H24ClN3O3S. The Bertz CT molecular complexity index is 1030. The Kier molecular flexibility index (Phi) is 7.06. The highest BCUT2D eigenvalue weighted by molar-refractivity contribution is 7.09. The molecule has 162 valence electrons. The largest absolute Gasteiger partial charge is 0.486 e. The van der Waals surface area contributed by atoms with Crippen molar-refractivity contribution in [1.82, 2.24) is 4.98 Å². The molecule has 1 aromatic heterocycles. The van der Waals surface area contributed by atoms with Crippen molar-refractivity contribution in [3.05, 3.63) is 69.1 Å². The topological polar surface area (TPSA) is 63.7 Å². The van der Waals surface area contributed by atoms with Gasteiger partial charge in [-0.1, -0.05) is 35.4 Å².